The molecule has 156 valence electrons. The Bertz CT molecular complexity index is 1050. The molecule has 0 saturated carbocycles. The summed E-state index contributed by atoms with van der Waals surface area (Å²) in [4.78, 5) is 8.58. The van der Waals surface area contributed by atoms with Crippen molar-refractivity contribution in [3.05, 3.63) is 54.2 Å². The van der Waals surface area contributed by atoms with Crippen molar-refractivity contribution in [1.29, 1.82) is 5.26 Å². The van der Waals surface area contributed by atoms with E-state index in [0.29, 0.717) is 31.7 Å². The third-order valence-electron chi connectivity index (χ3n) is 3.90. The van der Waals surface area contributed by atoms with Crippen LogP contribution >= 0.6 is 0 Å². The van der Waals surface area contributed by atoms with Gasteiger partial charge >= 0.3 is 184 Å². The zero-order chi connectivity index (χ0) is 21.5. The summed E-state index contributed by atoms with van der Waals surface area (Å²) in [5.74, 6) is 1.61. The first kappa shape index (κ1) is 21.4. The van der Waals surface area contributed by atoms with Gasteiger partial charge in [-0.2, -0.15) is 0 Å². The van der Waals surface area contributed by atoms with Gasteiger partial charge in [-0.25, -0.2) is 0 Å². The molecule has 3 rings (SSSR count). The van der Waals surface area contributed by atoms with Gasteiger partial charge < -0.3 is 0 Å². The molecule has 0 radical (unpaired) electrons. The number of ether oxygens (including phenoxy) is 2. The Morgan fingerprint density at radius 1 is 1.07 bits per heavy atom. The van der Waals surface area contributed by atoms with E-state index in [9.17, 15) is 8.64 Å². The molecular formula is C19H18IN6O4-. The summed E-state index contributed by atoms with van der Waals surface area (Å²) < 4.78 is 20.7. The molecule has 2 aromatic carbocycles. The summed E-state index contributed by atoms with van der Waals surface area (Å²) in [6, 6.07) is 14.1. The second-order valence-electron chi connectivity index (χ2n) is 5.81. The fraction of sp³-hybridized carbons (Fsp3) is 0.105. The second-order valence-corrected chi connectivity index (χ2v) is 7.15. The molecule has 10 nitrogen and oxygen atoms in total. The average Bonchev–Trinajstić information content (AvgIpc) is 2.78. The average molecular weight is 521 g/mol. The quantitative estimate of drug-likeness (QED) is 0.182. The van der Waals surface area contributed by atoms with Crippen molar-refractivity contribution < 1.29 is 40.0 Å². The molecule has 0 atom stereocenters. The van der Waals surface area contributed by atoms with Gasteiger partial charge in [0.15, 0.2) is 0 Å². The first-order chi connectivity index (χ1) is 14.6. The van der Waals surface area contributed by atoms with Crippen LogP contribution in [-0.4, -0.2) is 32.8 Å². The van der Waals surface area contributed by atoms with E-state index in [4.69, 9.17) is 14.7 Å². The van der Waals surface area contributed by atoms with E-state index in [1.807, 2.05) is 0 Å². The van der Waals surface area contributed by atoms with Crippen LogP contribution in [0, 0.1) is 11.3 Å². The molecule has 0 aliphatic heterocycles. The summed E-state index contributed by atoms with van der Waals surface area (Å²) in [6.07, 6.45) is 1.37. The van der Waals surface area contributed by atoms with Crippen LogP contribution < -0.4 is 45.3 Å². The van der Waals surface area contributed by atoms with Crippen LogP contribution in [0.2, 0.25) is 0 Å². The van der Waals surface area contributed by atoms with Crippen molar-refractivity contribution >= 4 is 28.8 Å². The number of nitrogens with one attached hydrogen (secondary N) is 2. The Balaban J connectivity index is 1.96. The number of halogens is 1. The van der Waals surface area contributed by atoms with Gasteiger partial charge in [-0.3, -0.25) is 0 Å². The maximum atomic E-state index is 10.0. The molecule has 1 aromatic heterocycles. The molecule has 0 aliphatic rings. The number of nitriles is 1. The third kappa shape index (κ3) is 5.17. The van der Waals surface area contributed by atoms with Crippen molar-refractivity contribution in [2.45, 2.75) is 0 Å². The van der Waals surface area contributed by atoms with Gasteiger partial charge in [-0.1, -0.05) is 0 Å². The van der Waals surface area contributed by atoms with E-state index >= 15 is 0 Å². The molecule has 1 heterocycles. The molecule has 0 fully saturated rings. The normalized spacial score (nSPS) is 10.2. The van der Waals surface area contributed by atoms with E-state index in [2.05, 4.69) is 26.7 Å². The summed E-state index contributed by atoms with van der Waals surface area (Å²) in [6.45, 7) is 0. The van der Waals surface area contributed by atoms with Gasteiger partial charge in [0.2, 0.25) is 0 Å². The fourth-order valence-corrected chi connectivity index (χ4v) is 3.10. The zero-order valence-electron chi connectivity index (χ0n) is 16.0. The van der Waals surface area contributed by atoms with Gasteiger partial charge in [-0.15, -0.1) is 0 Å². The Hall–Kier alpha value is -3.34. The molecule has 0 spiro atoms. The topological polar surface area (TPSA) is 136 Å². The number of methoxy groups -OCH3 is 2. The Morgan fingerprint density at radius 2 is 1.80 bits per heavy atom. The van der Waals surface area contributed by atoms with Crippen molar-refractivity contribution in [2.24, 2.45) is 0 Å². The summed E-state index contributed by atoms with van der Waals surface area (Å²) in [7, 11) is 3.08. The van der Waals surface area contributed by atoms with Gasteiger partial charge in [0.25, 0.3) is 0 Å². The van der Waals surface area contributed by atoms with Crippen molar-refractivity contribution in [3.8, 4) is 17.6 Å². The monoisotopic (exact) mass is 521 g/mol. The molecule has 30 heavy (non-hydrogen) atoms. The standard InChI is InChI=1S/C19H18IN6O4/c1-29-15-7-14(8-16(9-15)30-2)23-18-17(26(28)20-27)11-22-19(25-18)24-13-5-3-4-12(6-13)10-21/h3-9,11,27-28H,1-2H3,(H2,22,23,24,25)/q-1. The van der Waals surface area contributed by atoms with Gasteiger partial charge in [0, 0.05) is 0 Å². The van der Waals surface area contributed by atoms with Crippen molar-refractivity contribution in [2.75, 3.05) is 28.1 Å². The van der Waals surface area contributed by atoms with Crippen LogP contribution in [0.15, 0.2) is 48.7 Å². The van der Waals surface area contributed by atoms with Gasteiger partial charge in [0.05, 0.1) is 0 Å². The molecule has 3 aromatic rings. The van der Waals surface area contributed by atoms with E-state index < -0.39 is 21.9 Å². The molecule has 0 bridgehead atoms. The maximum absolute atomic E-state index is 10.0. The molecule has 0 saturated heterocycles. The van der Waals surface area contributed by atoms with E-state index in [0.717, 1.165) is 0 Å². The molecule has 11 heteroatoms. The molecular weight excluding hydrogens is 503 g/mol. The van der Waals surface area contributed by atoms with Crippen LogP contribution in [0.25, 0.3) is 0 Å². The van der Waals surface area contributed by atoms with E-state index in [1.54, 1.807) is 42.5 Å². The fourth-order valence-electron chi connectivity index (χ4n) is 2.52. The summed E-state index contributed by atoms with van der Waals surface area (Å²) in [5, 5.41) is 25.2. The summed E-state index contributed by atoms with van der Waals surface area (Å²) >= 11 is -1.65. The number of rotatable bonds is 8. The number of benzene rings is 2. The number of anilines is 5. The third-order valence-corrected chi connectivity index (χ3v) is 4.83. The van der Waals surface area contributed by atoms with Crippen molar-refractivity contribution in [1.82, 2.24) is 9.97 Å². The second kappa shape index (κ2) is 9.92. The van der Waals surface area contributed by atoms with E-state index in [-0.39, 0.29) is 17.5 Å². The molecule has 0 unspecified atom stereocenters. The predicted molar refractivity (Wildman–Crippen MR) is 106 cm³/mol. The number of aromatic nitrogens is 2. The van der Waals surface area contributed by atoms with Crippen molar-refractivity contribution in [3.63, 3.8) is 0 Å². The SMILES string of the molecule is COc1cc(Nc2nc(Nc3cccc(C#N)c3)ncc2N(O)[I-]O)cc(OC)c1. The Labute approximate surface area is 183 Å². The minimum atomic E-state index is -1.65. The predicted octanol–water partition coefficient (Wildman–Crippen LogP) is -0.0404. The number of hydrogen-bond donors (Lipinski definition) is 4. The first-order valence-corrected chi connectivity index (χ1v) is 10.4. The van der Waals surface area contributed by atoms with Crippen LogP contribution in [0.1, 0.15) is 5.56 Å². The van der Waals surface area contributed by atoms with Crippen LogP contribution in [0.4, 0.5) is 28.8 Å². The zero-order valence-corrected chi connectivity index (χ0v) is 18.2. The molecule has 0 amide bonds. The van der Waals surface area contributed by atoms with Gasteiger partial charge in [0.1, 0.15) is 0 Å². The first-order valence-electron chi connectivity index (χ1n) is 8.48. The van der Waals surface area contributed by atoms with Crippen LogP contribution in [-0.2, 0) is 0 Å². The molecule has 4 N–H and O–H groups in total. The Morgan fingerprint density at radius 3 is 2.43 bits per heavy atom. The molecule has 0 aliphatic carbocycles. The van der Waals surface area contributed by atoms with E-state index in [1.165, 1.54) is 20.4 Å². The Kier molecular flexibility index (Phi) is 7.07. The van der Waals surface area contributed by atoms with Gasteiger partial charge in [-0.05, 0) is 0 Å². The number of hydrogen-bond acceptors (Lipinski definition) is 10. The van der Waals surface area contributed by atoms with Crippen LogP contribution in [0.3, 0.4) is 0 Å². The summed E-state index contributed by atoms with van der Waals surface area (Å²) in [5.41, 5.74) is 1.91. The number of nitrogens with zero attached hydrogens (tertiary/aromatic N) is 4. The minimum absolute atomic E-state index is 0.198. The van der Waals surface area contributed by atoms with Crippen LogP contribution in [0.5, 0.6) is 11.5 Å².